The molecule has 1 amide bonds. The Hall–Kier alpha value is -2.99. The van der Waals surface area contributed by atoms with Crippen LogP contribution in [0.5, 0.6) is 0 Å². The van der Waals surface area contributed by atoms with E-state index in [1.165, 1.54) is 31.2 Å². The lowest BCUT2D eigenvalue weighted by Crippen LogP contribution is -2.29. The summed E-state index contributed by atoms with van der Waals surface area (Å²) in [5.41, 5.74) is 6.36. The number of carbonyl (C=O) groups excluding carboxylic acids is 1. The van der Waals surface area contributed by atoms with Crippen LogP contribution in [0.1, 0.15) is 43.7 Å². The molecule has 0 saturated carbocycles. The molecule has 0 fully saturated rings. The average Bonchev–Trinajstić information content (AvgIpc) is 3.32. The second kappa shape index (κ2) is 9.01. The highest BCUT2D eigenvalue weighted by molar-refractivity contribution is 7.16. The van der Waals surface area contributed by atoms with Gasteiger partial charge in [0.1, 0.15) is 5.70 Å². The molecular weight excluding hydrogens is 380 g/mol. The van der Waals surface area contributed by atoms with Gasteiger partial charge in [-0.1, -0.05) is 44.4 Å². The van der Waals surface area contributed by atoms with E-state index in [0.717, 1.165) is 27.9 Å². The number of amides is 1. The van der Waals surface area contributed by atoms with E-state index < -0.39 is 0 Å². The van der Waals surface area contributed by atoms with Crippen LogP contribution in [0.25, 0.3) is 16.3 Å². The van der Waals surface area contributed by atoms with Crippen LogP contribution >= 0.6 is 11.3 Å². The van der Waals surface area contributed by atoms with Crippen molar-refractivity contribution in [1.29, 1.82) is 0 Å². The summed E-state index contributed by atoms with van der Waals surface area (Å²) in [6.45, 7) is 2.23. The van der Waals surface area contributed by atoms with Crippen molar-refractivity contribution in [2.24, 2.45) is 4.99 Å². The maximum absolute atomic E-state index is 12.3. The number of nitrogens with zero attached hydrogens (tertiary/aromatic N) is 2. The smallest absolute Gasteiger partial charge is 0.276 e. The second-order valence-corrected chi connectivity index (χ2v) is 8.04. The molecule has 3 aromatic rings. The zero-order chi connectivity index (χ0) is 20.1. The molecule has 0 spiro atoms. The Morgan fingerprint density at radius 3 is 2.79 bits per heavy atom. The molecule has 4 rings (SSSR count). The van der Waals surface area contributed by atoms with E-state index in [1.807, 2.05) is 35.8 Å². The number of hydrogen-bond donors (Lipinski definition) is 2. The van der Waals surface area contributed by atoms with Gasteiger partial charge in [0.2, 0.25) is 5.96 Å². The highest BCUT2D eigenvalue weighted by Crippen LogP contribution is 2.22. The minimum Gasteiger partial charge on any atom is -0.326 e. The Balaban J connectivity index is 1.41. The fourth-order valence-electron chi connectivity index (χ4n) is 3.29. The molecule has 0 aliphatic carbocycles. The number of benzene rings is 2. The normalized spacial score (nSPS) is 15.0. The molecule has 2 aromatic carbocycles. The summed E-state index contributed by atoms with van der Waals surface area (Å²) in [6, 6.07) is 14.2. The molecule has 0 saturated heterocycles. The van der Waals surface area contributed by atoms with Gasteiger partial charge in [0.15, 0.2) is 0 Å². The number of aliphatic imine (C=N–C) groups is 1. The highest BCUT2D eigenvalue weighted by atomic mass is 32.1. The summed E-state index contributed by atoms with van der Waals surface area (Å²) in [6.07, 6.45) is 7.97. The van der Waals surface area contributed by atoms with Gasteiger partial charge in [-0.05, 0) is 54.3 Å². The first-order chi connectivity index (χ1) is 14.2. The predicted molar refractivity (Wildman–Crippen MR) is 121 cm³/mol. The van der Waals surface area contributed by atoms with Crippen molar-refractivity contribution in [2.75, 3.05) is 5.32 Å². The molecule has 0 radical (unpaired) electrons. The second-order valence-electron chi connectivity index (χ2n) is 7.16. The van der Waals surface area contributed by atoms with Crippen molar-refractivity contribution >= 4 is 45.2 Å². The number of rotatable bonds is 7. The van der Waals surface area contributed by atoms with E-state index in [-0.39, 0.29) is 5.91 Å². The third-order valence-corrected chi connectivity index (χ3v) is 5.68. The van der Waals surface area contributed by atoms with Gasteiger partial charge >= 0.3 is 0 Å². The van der Waals surface area contributed by atoms with E-state index in [0.29, 0.717) is 11.7 Å². The maximum Gasteiger partial charge on any atom is 0.276 e. The van der Waals surface area contributed by atoms with Gasteiger partial charge in [0, 0.05) is 5.69 Å². The number of fused-ring (bicyclic) bond motifs is 1. The van der Waals surface area contributed by atoms with Gasteiger partial charge in [0.05, 0.1) is 15.7 Å². The van der Waals surface area contributed by atoms with E-state index in [2.05, 4.69) is 39.7 Å². The van der Waals surface area contributed by atoms with Crippen LogP contribution < -0.4 is 10.6 Å². The number of hydrogen-bond acceptors (Lipinski definition) is 5. The van der Waals surface area contributed by atoms with Crippen LogP contribution in [-0.4, -0.2) is 16.9 Å². The largest absolute Gasteiger partial charge is 0.326 e. The number of carbonyl (C=O) groups is 1. The molecule has 1 aliphatic rings. The predicted octanol–water partition coefficient (Wildman–Crippen LogP) is 5.36. The van der Waals surface area contributed by atoms with Crippen LogP contribution in [-0.2, 0) is 11.2 Å². The quantitative estimate of drug-likeness (QED) is 0.412. The van der Waals surface area contributed by atoms with Gasteiger partial charge in [-0.15, -0.1) is 11.3 Å². The van der Waals surface area contributed by atoms with Crippen molar-refractivity contribution in [2.45, 2.75) is 39.0 Å². The van der Waals surface area contributed by atoms with Gasteiger partial charge in [-0.25, -0.2) is 9.98 Å². The molecule has 0 atom stereocenters. The Labute approximate surface area is 174 Å². The molecule has 148 valence electrons. The minimum atomic E-state index is -0.204. The lowest BCUT2D eigenvalue weighted by Gasteiger charge is -2.07. The molecule has 5 nitrogen and oxygen atoms in total. The summed E-state index contributed by atoms with van der Waals surface area (Å²) < 4.78 is 1.09. The Kier molecular flexibility index (Phi) is 6.00. The maximum atomic E-state index is 12.3. The lowest BCUT2D eigenvalue weighted by atomic mass is 10.1. The lowest BCUT2D eigenvalue weighted by molar-refractivity contribution is -0.115. The van der Waals surface area contributed by atoms with E-state index in [9.17, 15) is 4.79 Å². The number of anilines is 1. The standard InChI is InChI=1S/C23H24N4OS/c1-2-3-4-5-6-16-7-10-18(11-8-16)25-23-26-20(22(28)27-23)13-17-9-12-19-21(14-17)29-15-24-19/h7-15H,2-6H2,1H3,(H2,25,26,27,28)/b20-13-. The molecule has 0 bridgehead atoms. The van der Waals surface area contributed by atoms with Crippen molar-refractivity contribution in [3.63, 3.8) is 0 Å². The molecule has 2 heterocycles. The fraction of sp³-hybridized carbons (Fsp3) is 0.261. The monoisotopic (exact) mass is 404 g/mol. The first kappa shape index (κ1) is 19.3. The van der Waals surface area contributed by atoms with Crippen molar-refractivity contribution in [3.05, 3.63) is 64.8 Å². The topological polar surface area (TPSA) is 66.4 Å². The number of guanidine groups is 1. The molecule has 0 unspecified atom stereocenters. The van der Waals surface area contributed by atoms with Crippen LogP contribution in [0.2, 0.25) is 0 Å². The molecule has 2 N–H and O–H groups in total. The molecule has 1 aliphatic heterocycles. The number of aryl methyl sites for hydroxylation is 1. The molecular formula is C23H24N4OS. The van der Waals surface area contributed by atoms with Crippen LogP contribution in [0.4, 0.5) is 5.69 Å². The van der Waals surface area contributed by atoms with Gasteiger partial charge in [-0.3, -0.25) is 10.1 Å². The number of unbranched alkanes of at least 4 members (excludes halogenated alkanes) is 3. The average molecular weight is 405 g/mol. The van der Waals surface area contributed by atoms with E-state index >= 15 is 0 Å². The molecule has 1 aromatic heterocycles. The van der Waals surface area contributed by atoms with Gasteiger partial charge in [0.25, 0.3) is 5.91 Å². The third-order valence-electron chi connectivity index (χ3n) is 4.89. The number of aromatic nitrogens is 1. The van der Waals surface area contributed by atoms with E-state index in [4.69, 9.17) is 0 Å². The number of nitrogens with one attached hydrogen (secondary N) is 2. The molecule has 29 heavy (non-hydrogen) atoms. The van der Waals surface area contributed by atoms with E-state index in [1.54, 1.807) is 17.4 Å². The SMILES string of the molecule is CCCCCCc1ccc(NC2=N/C(=C\c3ccc4ncsc4c3)C(=O)N2)cc1. The Morgan fingerprint density at radius 2 is 1.97 bits per heavy atom. The Bertz CT molecular complexity index is 1070. The Morgan fingerprint density at radius 1 is 1.10 bits per heavy atom. The summed E-state index contributed by atoms with van der Waals surface area (Å²) >= 11 is 1.58. The van der Waals surface area contributed by atoms with Gasteiger partial charge < -0.3 is 5.32 Å². The summed E-state index contributed by atoms with van der Waals surface area (Å²) in [5.74, 6) is 0.250. The third kappa shape index (κ3) is 4.90. The zero-order valence-electron chi connectivity index (χ0n) is 16.4. The van der Waals surface area contributed by atoms with Crippen LogP contribution in [0.15, 0.2) is 58.7 Å². The van der Waals surface area contributed by atoms with Crippen LogP contribution in [0.3, 0.4) is 0 Å². The minimum absolute atomic E-state index is 0.204. The fourth-order valence-corrected chi connectivity index (χ4v) is 4.02. The van der Waals surface area contributed by atoms with Gasteiger partial charge in [-0.2, -0.15) is 0 Å². The van der Waals surface area contributed by atoms with Crippen molar-refractivity contribution < 1.29 is 4.79 Å². The first-order valence-electron chi connectivity index (χ1n) is 10.0. The first-order valence-corrected chi connectivity index (χ1v) is 10.9. The number of thiazole rings is 1. The van der Waals surface area contributed by atoms with Crippen molar-refractivity contribution in [1.82, 2.24) is 10.3 Å². The zero-order valence-corrected chi connectivity index (χ0v) is 17.3. The summed E-state index contributed by atoms with van der Waals surface area (Å²) in [4.78, 5) is 21.0. The van der Waals surface area contributed by atoms with Crippen molar-refractivity contribution in [3.8, 4) is 0 Å². The molecule has 6 heteroatoms. The summed E-state index contributed by atoms with van der Waals surface area (Å²) in [7, 11) is 0. The summed E-state index contributed by atoms with van der Waals surface area (Å²) in [5, 5.41) is 5.98. The highest BCUT2D eigenvalue weighted by Gasteiger charge is 2.20. The van der Waals surface area contributed by atoms with Crippen LogP contribution in [0, 0.1) is 0 Å².